The third kappa shape index (κ3) is 7.26. The van der Waals surface area contributed by atoms with Gasteiger partial charge in [-0.05, 0) is 110 Å². The summed E-state index contributed by atoms with van der Waals surface area (Å²) >= 11 is 0. The molecule has 4 nitrogen and oxygen atoms in total. The Hall–Kier alpha value is -5.39. The van der Waals surface area contributed by atoms with Crippen molar-refractivity contribution in [3.63, 3.8) is 0 Å². The third-order valence-electron chi connectivity index (χ3n) is 10.4. The first-order chi connectivity index (χ1) is 25.8. The second kappa shape index (κ2) is 16.3. The summed E-state index contributed by atoms with van der Waals surface area (Å²) in [5, 5.41) is 19.3. The number of benzene rings is 7. The van der Waals surface area contributed by atoms with Crippen LogP contribution in [0.2, 0.25) is 0 Å². The van der Waals surface area contributed by atoms with E-state index in [0.717, 1.165) is 61.0 Å². The van der Waals surface area contributed by atoms with Crippen LogP contribution in [0.1, 0.15) is 34.7 Å². The predicted molar refractivity (Wildman–Crippen MR) is 229 cm³/mol. The molecule has 0 aliphatic heterocycles. The molecule has 0 amide bonds. The van der Waals surface area contributed by atoms with Crippen molar-refractivity contribution in [2.45, 2.75) is 12.3 Å². The molecule has 0 bridgehead atoms. The number of hydrogen-bond acceptors (Lipinski definition) is 4. The molecule has 1 radical (unpaired) electrons. The number of aliphatic imine (C=N–C) groups is 1. The van der Waals surface area contributed by atoms with Gasteiger partial charge in [-0.3, -0.25) is 15.3 Å². The van der Waals surface area contributed by atoms with Crippen molar-refractivity contribution in [3.05, 3.63) is 187 Å². The number of nitrogens with zero attached hydrogens (tertiary/aromatic N) is 2. The average Bonchev–Trinajstić information content (AvgIpc) is 3.22. The van der Waals surface area contributed by atoms with E-state index in [-0.39, 0.29) is 32.7 Å². The molecular formula is C49H43N3OY. The summed E-state index contributed by atoms with van der Waals surface area (Å²) in [6.45, 7) is 14.3. The van der Waals surface area contributed by atoms with Crippen LogP contribution in [-0.2, 0) is 38.1 Å². The van der Waals surface area contributed by atoms with Gasteiger partial charge in [-0.15, -0.1) is 0 Å². The van der Waals surface area contributed by atoms with Crippen molar-refractivity contribution in [1.29, 1.82) is 0 Å². The van der Waals surface area contributed by atoms with Crippen LogP contribution in [-0.4, -0.2) is 26.0 Å². The van der Waals surface area contributed by atoms with Gasteiger partial charge in [0.05, 0.1) is 17.1 Å². The van der Waals surface area contributed by atoms with Gasteiger partial charge in [0.1, 0.15) is 0 Å². The first-order valence-corrected chi connectivity index (χ1v) is 17.7. The SMILES string of the molecule is C=Cc1ccc2c(ccc3cc(-c4ccc(C(C)(/C=C(\N=C)c5ccc(-c6ccc(NC)c(N(C)O)c6)cc5)c5ccccc5)cc4)ccc32)c1C=C.[Y]. The second-order valence-electron chi connectivity index (χ2n) is 13.5. The Morgan fingerprint density at radius 2 is 1.28 bits per heavy atom. The molecule has 1 unspecified atom stereocenters. The van der Waals surface area contributed by atoms with Gasteiger partial charge >= 0.3 is 0 Å². The maximum Gasteiger partial charge on any atom is 0.0868 e. The van der Waals surface area contributed by atoms with E-state index in [2.05, 4.69) is 158 Å². The zero-order valence-corrected chi connectivity index (χ0v) is 33.9. The van der Waals surface area contributed by atoms with E-state index >= 15 is 0 Å². The molecular weight excluding hydrogens is 735 g/mol. The molecule has 1 atom stereocenters. The van der Waals surface area contributed by atoms with Crippen LogP contribution >= 0.6 is 0 Å². The number of rotatable bonds is 11. The Labute approximate surface area is 343 Å². The van der Waals surface area contributed by atoms with Crippen LogP contribution in [0.3, 0.4) is 0 Å². The van der Waals surface area contributed by atoms with E-state index < -0.39 is 5.41 Å². The van der Waals surface area contributed by atoms with E-state index in [1.165, 1.54) is 27.1 Å². The Bertz CT molecular complexity index is 2520. The molecule has 0 aliphatic carbocycles. The fraction of sp³-hybridized carbons (Fsp3) is 0.0816. The van der Waals surface area contributed by atoms with Crippen LogP contribution in [0.4, 0.5) is 11.4 Å². The van der Waals surface area contributed by atoms with Gasteiger partial charge in [0.25, 0.3) is 0 Å². The molecule has 0 aliphatic rings. The van der Waals surface area contributed by atoms with Crippen molar-refractivity contribution >= 4 is 57.5 Å². The van der Waals surface area contributed by atoms with Crippen molar-refractivity contribution in [2.24, 2.45) is 4.99 Å². The Kier molecular flexibility index (Phi) is 11.6. The smallest absolute Gasteiger partial charge is 0.0868 e. The number of anilines is 2. The maximum absolute atomic E-state index is 10.2. The van der Waals surface area contributed by atoms with E-state index in [9.17, 15) is 5.21 Å². The standard InChI is InChI=1S/C49H43N3O.Y/c1-7-33-20-27-45-43-26-21-37(30-39(43)22-28-44(45)42(33)8-2)35-18-24-41(25-19-35)49(3,40-12-10-9-11-13-40)32-47(51-5)36-16-14-34(15-17-36)38-23-29-46(50-4)48(31-38)52(6)53;/h7-32,50,53H,1-2,5H2,3-4,6H3;/b47-32-;. The molecule has 5 heteroatoms. The first kappa shape index (κ1) is 38.3. The minimum absolute atomic E-state index is 0. The van der Waals surface area contributed by atoms with Gasteiger partial charge in [0.2, 0.25) is 0 Å². The Morgan fingerprint density at radius 1 is 0.685 bits per heavy atom. The van der Waals surface area contributed by atoms with Gasteiger partial charge < -0.3 is 5.32 Å². The minimum Gasteiger partial charge on any atom is -0.386 e. The Morgan fingerprint density at radius 3 is 1.91 bits per heavy atom. The molecule has 7 aromatic rings. The van der Waals surface area contributed by atoms with E-state index in [1.807, 2.05) is 43.5 Å². The molecule has 2 N–H and O–H groups in total. The van der Waals surface area contributed by atoms with Crippen molar-refractivity contribution < 1.29 is 37.9 Å². The maximum atomic E-state index is 10.2. The molecule has 0 saturated carbocycles. The fourth-order valence-electron chi connectivity index (χ4n) is 7.42. The fourth-order valence-corrected chi connectivity index (χ4v) is 7.42. The van der Waals surface area contributed by atoms with Gasteiger partial charge in [0.15, 0.2) is 0 Å². The van der Waals surface area contributed by atoms with E-state index in [4.69, 9.17) is 0 Å². The van der Waals surface area contributed by atoms with Gasteiger partial charge in [-0.1, -0.05) is 147 Å². The number of hydroxylamine groups is 1. The van der Waals surface area contributed by atoms with E-state index in [0.29, 0.717) is 5.69 Å². The summed E-state index contributed by atoms with van der Waals surface area (Å²) in [4.78, 5) is 4.55. The summed E-state index contributed by atoms with van der Waals surface area (Å²) in [5.41, 5.74) is 11.7. The molecule has 263 valence electrons. The van der Waals surface area contributed by atoms with E-state index in [1.54, 1.807) is 7.05 Å². The largest absolute Gasteiger partial charge is 0.386 e. The zero-order valence-electron chi connectivity index (χ0n) is 31.1. The zero-order chi connectivity index (χ0) is 37.1. The molecule has 7 rings (SSSR count). The molecule has 7 aromatic carbocycles. The van der Waals surface area contributed by atoms with Gasteiger partial charge in [0, 0.05) is 52.2 Å². The molecule has 0 fully saturated rings. The van der Waals surface area contributed by atoms with Crippen molar-refractivity contribution in [1.82, 2.24) is 0 Å². The van der Waals surface area contributed by atoms with Crippen LogP contribution in [0.25, 0.3) is 61.6 Å². The Balaban J connectivity index is 0.00000497. The quantitative estimate of drug-likeness (QED) is 0.0781. The first-order valence-electron chi connectivity index (χ1n) is 17.7. The predicted octanol–water partition coefficient (Wildman–Crippen LogP) is 12.5. The number of fused-ring (bicyclic) bond motifs is 3. The molecule has 54 heavy (non-hydrogen) atoms. The summed E-state index contributed by atoms with van der Waals surface area (Å²) < 4.78 is 0. The topological polar surface area (TPSA) is 47.9 Å². The normalized spacial score (nSPS) is 12.4. The summed E-state index contributed by atoms with van der Waals surface area (Å²) in [5.74, 6) is 0. The summed E-state index contributed by atoms with van der Waals surface area (Å²) in [7, 11) is 3.46. The monoisotopic (exact) mass is 778 g/mol. The molecule has 0 saturated heterocycles. The van der Waals surface area contributed by atoms with Crippen LogP contribution in [0.5, 0.6) is 0 Å². The summed E-state index contributed by atoms with van der Waals surface area (Å²) in [6, 6.07) is 49.2. The number of hydrogen-bond donors (Lipinski definition) is 2. The number of allylic oxidation sites excluding steroid dienone is 1. The van der Waals surface area contributed by atoms with Gasteiger partial charge in [-0.2, -0.15) is 0 Å². The molecule has 0 heterocycles. The molecule has 0 aromatic heterocycles. The van der Waals surface area contributed by atoms with Crippen molar-refractivity contribution in [3.8, 4) is 22.3 Å². The summed E-state index contributed by atoms with van der Waals surface area (Å²) in [6.07, 6.45) is 6.02. The average molecular weight is 779 g/mol. The van der Waals surface area contributed by atoms with Crippen LogP contribution in [0.15, 0.2) is 164 Å². The minimum atomic E-state index is -0.492. The second-order valence-corrected chi connectivity index (χ2v) is 13.5. The van der Waals surface area contributed by atoms with Crippen LogP contribution in [0, 0.1) is 0 Å². The van der Waals surface area contributed by atoms with Crippen LogP contribution < -0.4 is 10.4 Å². The number of nitrogens with one attached hydrogen (secondary N) is 1. The van der Waals surface area contributed by atoms with Crippen molar-refractivity contribution in [2.75, 3.05) is 24.5 Å². The third-order valence-corrected chi connectivity index (χ3v) is 10.4. The van der Waals surface area contributed by atoms with Gasteiger partial charge in [-0.25, -0.2) is 0 Å². The molecule has 0 spiro atoms.